The van der Waals surface area contributed by atoms with Gasteiger partial charge in [-0.2, -0.15) is 0 Å². The topological polar surface area (TPSA) is 75.4 Å². The zero-order valence-electron chi connectivity index (χ0n) is 8.69. The minimum Gasteiger partial charge on any atom is -0.344 e. The molecule has 2 atom stereocenters. The molecule has 0 bridgehead atoms. The molecule has 15 heavy (non-hydrogen) atoms. The summed E-state index contributed by atoms with van der Waals surface area (Å²) in [5.74, 6) is 1.88. The monoisotopic (exact) mass is 209 g/mol. The van der Waals surface area contributed by atoms with E-state index in [-0.39, 0.29) is 18.2 Å². The molecule has 1 heterocycles. The number of likely N-dealkylation sites (tertiary alicyclic amines) is 1. The predicted molar refractivity (Wildman–Crippen MR) is 55.6 cm³/mol. The van der Waals surface area contributed by atoms with Crippen molar-refractivity contribution in [1.29, 1.82) is 0 Å². The first-order chi connectivity index (χ1) is 7.06. The van der Waals surface area contributed by atoms with Gasteiger partial charge in [-0.05, 0) is 6.42 Å². The van der Waals surface area contributed by atoms with Gasteiger partial charge >= 0.3 is 0 Å². The van der Waals surface area contributed by atoms with Gasteiger partial charge in [0.25, 0.3) is 0 Å². The van der Waals surface area contributed by atoms with Crippen LogP contribution in [0.3, 0.4) is 0 Å². The fourth-order valence-corrected chi connectivity index (χ4v) is 1.45. The van der Waals surface area contributed by atoms with E-state index in [4.69, 9.17) is 12.2 Å². The molecule has 5 heteroatoms. The van der Waals surface area contributed by atoms with Crippen LogP contribution < -0.4 is 11.1 Å². The van der Waals surface area contributed by atoms with Crippen molar-refractivity contribution in [3.63, 3.8) is 0 Å². The second kappa shape index (κ2) is 4.80. The summed E-state index contributed by atoms with van der Waals surface area (Å²) in [6.07, 6.45) is 5.85. The molecular formula is C10H15N3O2. The minimum absolute atomic E-state index is 0.0729. The number of rotatable bonds is 3. The summed E-state index contributed by atoms with van der Waals surface area (Å²) in [5.41, 5.74) is 5.51. The average Bonchev–Trinajstić information content (AvgIpc) is 2.50. The van der Waals surface area contributed by atoms with Crippen LogP contribution in [0.25, 0.3) is 0 Å². The van der Waals surface area contributed by atoms with Crippen molar-refractivity contribution in [2.45, 2.75) is 24.9 Å². The molecule has 1 saturated heterocycles. The lowest BCUT2D eigenvalue weighted by molar-refractivity contribution is -0.132. The first-order valence-electron chi connectivity index (χ1n) is 4.80. The van der Waals surface area contributed by atoms with Gasteiger partial charge in [0.1, 0.15) is 6.04 Å². The Hall–Kier alpha value is -1.54. The molecule has 0 aromatic heterocycles. The number of hydrogen-bond donors (Lipinski definition) is 2. The van der Waals surface area contributed by atoms with Crippen molar-refractivity contribution >= 4 is 11.8 Å². The third-order valence-electron chi connectivity index (χ3n) is 2.42. The molecule has 0 aromatic carbocycles. The first-order valence-corrected chi connectivity index (χ1v) is 4.80. The summed E-state index contributed by atoms with van der Waals surface area (Å²) in [5, 5.41) is 2.59. The van der Waals surface area contributed by atoms with Crippen LogP contribution >= 0.6 is 0 Å². The second-order valence-corrected chi connectivity index (χ2v) is 3.62. The van der Waals surface area contributed by atoms with Gasteiger partial charge in [0.15, 0.2) is 0 Å². The number of likely N-dealkylation sites (N-methyl/N-ethyl adjacent to an activating group) is 1. The third kappa shape index (κ3) is 2.70. The molecule has 0 saturated carbocycles. The minimum atomic E-state index is -0.728. The Bertz CT molecular complexity index is 308. The normalized spacial score (nSPS) is 22.3. The van der Waals surface area contributed by atoms with Crippen LogP contribution in [0.4, 0.5) is 0 Å². The van der Waals surface area contributed by atoms with Crippen molar-refractivity contribution in [2.24, 2.45) is 5.73 Å². The Balaban J connectivity index is 2.46. The number of nitrogens with one attached hydrogen (secondary N) is 1. The molecule has 3 N–H and O–H groups in total. The van der Waals surface area contributed by atoms with Crippen LogP contribution in [0.1, 0.15) is 12.8 Å². The highest BCUT2D eigenvalue weighted by atomic mass is 16.2. The second-order valence-electron chi connectivity index (χ2n) is 3.62. The molecule has 1 fully saturated rings. The maximum Gasteiger partial charge on any atom is 0.244 e. The van der Waals surface area contributed by atoms with Gasteiger partial charge in [0.05, 0.1) is 6.04 Å². The van der Waals surface area contributed by atoms with E-state index in [1.54, 1.807) is 11.9 Å². The van der Waals surface area contributed by atoms with Gasteiger partial charge in [-0.1, -0.05) is 0 Å². The van der Waals surface area contributed by atoms with E-state index in [1.807, 2.05) is 0 Å². The quantitative estimate of drug-likeness (QED) is 0.566. The molecule has 5 nitrogen and oxygen atoms in total. The largest absolute Gasteiger partial charge is 0.344 e. The van der Waals surface area contributed by atoms with Gasteiger partial charge in [-0.25, -0.2) is 0 Å². The zero-order chi connectivity index (χ0) is 11.4. The number of amides is 2. The summed E-state index contributed by atoms with van der Waals surface area (Å²) in [6.45, 7) is 0.661. The highest BCUT2D eigenvalue weighted by molar-refractivity contribution is 5.90. The fraction of sp³-hybridized carbons (Fsp3) is 0.600. The predicted octanol–water partition coefficient (Wildman–Crippen LogP) is -1.32. The third-order valence-corrected chi connectivity index (χ3v) is 2.42. The van der Waals surface area contributed by atoms with Gasteiger partial charge < -0.3 is 16.0 Å². The molecule has 1 rings (SSSR count). The molecule has 0 radical (unpaired) electrons. The molecule has 2 unspecified atom stereocenters. The van der Waals surface area contributed by atoms with Crippen LogP contribution in [0, 0.1) is 12.3 Å². The Morgan fingerprint density at radius 2 is 2.53 bits per heavy atom. The molecule has 0 aliphatic carbocycles. The Morgan fingerprint density at radius 3 is 3.00 bits per heavy atom. The van der Waals surface area contributed by atoms with E-state index >= 15 is 0 Å². The van der Waals surface area contributed by atoms with Crippen LogP contribution in [0.15, 0.2) is 0 Å². The zero-order valence-corrected chi connectivity index (χ0v) is 8.69. The lowest BCUT2D eigenvalue weighted by Gasteiger charge is -2.14. The molecule has 1 aliphatic heterocycles. The SMILES string of the molecule is C#CCC(N)C(=O)NC1CCN(C)C1=O. The van der Waals surface area contributed by atoms with E-state index in [1.165, 1.54) is 0 Å². The molecule has 0 spiro atoms. The summed E-state index contributed by atoms with van der Waals surface area (Å²) in [6, 6.07) is -1.17. The van der Waals surface area contributed by atoms with Crippen LogP contribution in [0.5, 0.6) is 0 Å². The maximum absolute atomic E-state index is 11.5. The fourth-order valence-electron chi connectivity index (χ4n) is 1.45. The molecule has 1 aliphatic rings. The van der Waals surface area contributed by atoms with Crippen LogP contribution in [-0.2, 0) is 9.59 Å². The van der Waals surface area contributed by atoms with Gasteiger partial charge in [-0.3, -0.25) is 9.59 Å². The summed E-state index contributed by atoms with van der Waals surface area (Å²) in [7, 11) is 1.70. The number of carbonyl (C=O) groups is 2. The Morgan fingerprint density at radius 1 is 1.87 bits per heavy atom. The van der Waals surface area contributed by atoms with E-state index in [2.05, 4.69) is 11.2 Å². The van der Waals surface area contributed by atoms with E-state index in [9.17, 15) is 9.59 Å². The van der Waals surface area contributed by atoms with E-state index in [0.29, 0.717) is 13.0 Å². The number of nitrogens with zero attached hydrogens (tertiary/aromatic N) is 1. The molecule has 82 valence electrons. The number of carbonyl (C=O) groups excluding carboxylic acids is 2. The average molecular weight is 209 g/mol. The van der Waals surface area contributed by atoms with Gasteiger partial charge in [-0.15, -0.1) is 12.3 Å². The van der Waals surface area contributed by atoms with E-state index < -0.39 is 12.1 Å². The lowest BCUT2D eigenvalue weighted by Crippen LogP contribution is -2.47. The van der Waals surface area contributed by atoms with Crippen LogP contribution in [-0.4, -0.2) is 42.4 Å². The molecular weight excluding hydrogens is 194 g/mol. The van der Waals surface area contributed by atoms with Crippen LogP contribution in [0.2, 0.25) is 0 Å². The van der Waals surface area contributed by atoms with Gasteiger partial charge in [0, 0.05) is 20.0 Å². The Kier molecular flexibility index (Phi) is 3.69. The summed E-state index contributed by atoms with van der Waals surface area (Å²) >= 11 is 0. The molecule has 2 amide bonds. The maximum atomic E-state index is 11.5. The van der Waals surface area contributed by atoms with Crippen molar-refractivity contribution < 1.29 is 9.59 Å². The summed E-state index contributed by atoms with van der Waals surface area (Å²) in [4.78, 5) is 24.5. The number of nitrogens with two attached hydrogens (primary N) is 1. The number of terminal acetylenes is 1. The Labute approximate surface area is 89.0 Å². The number of hydrogen-bond acceptors (Lipinski definition) is 3. The highest BCUT2D eigenvalue weighted by Gasteiger charge is 2.31. The van der Waals surface area contributed by atoms with Crippen molar-refractivity contribution in [1.82, 2.24) is 10.2 Å². The summed E-state index contributed by atoms with van der Waals surface area (Å²) < 4.78 is 0. The van der Waals surface area contributed by atoms with Crippen molar-refractivity contribution in [3.05, 3.63) is 0 Å². The smallest absolute Gasteiger partial charge is 0.244 e. The van der Waals surface area contributed by atoms with E-state index in [0.717, 1.165) is 0 Å². The van der Waals surface area contributed by atoms with Crippen molar-refractivity contribution in [3.8, 4) is 12.3 Å². The molecule has 0 aromatic rings. The first kappa shape index (κ1) is 11.5. The highest BCUT2D eigenvalue weighted by Crippen LogP contribution is 2.08. The van der Waals surface area contributed by atoms with Gasteiger partial charge in [0.2, 0.25) is 11.8 Å². The standard InChI is InChI=1S/C10H15N3O2/c1-3-4-7(11)9(14)12-8-5-6-13(2)10(8)15/h1,7-8H,4-6,11H2,2H3,(H,12,14). The lowest BCUT2D eigenvalue weighted by atomic mass is 10.2. The van der Waals surface area contributed by atoms with Crippen molar-refractivity contribution in [2.75, 3.05) is 13.6 Å².